The number of rotatable bonds is 6. The Morgan fingerprint density at radius 1 is 1.06 bits per heavy atom. The Hall–Kier alpha value is -3.81. The molecule has 0 N–H and O–H groups in total. The molecule has 2 fully saturated rings. The molecule has 0 radical (unpaired) electrons. The summed E-state index contributed by atoms with van der Waals surface area (Å²) in [6, 6.07) is 14.9. The molecule has 4 aromatic rings. The summed E-state index contributed by atoms with van der Waals surface area (Å²) in [6.07, 6.45) is 8.28. The molecular formula is C26H25FN6O. The molecule has 0 bridgehead atoms. The number of hydrogen-bond acceptors (Lipinski definition) is 4. The summed E-state index contributed by atoms with van der Waals surface area (Å²) in [5, 5.41) is 12.5. The summed E-state index contributed by atoms with van der Waals surface area (Å²) in [4.78, 5) is 14.3. The van der Waals surface area contributed by atoms with Gasteiger partial charge in [-0.3, -0.25) is 4.79 Å². The van der Waals surface area contributed by atoms with E-state index < -0.39 is 0 Å². The maximum atomic E-state index is 15.2. The van der Waals surface area contributed by atoms with Crippen LogP contribution < -0.4 is 0 Å². The van der Waals surface area contributed by atoms with Gasteiger partial charge in [0, 0.05) is 37.9 Å². The predicted octanol–water partition coefficient (Wildman–Crippen LogP) is 4.20. The van der Waals surface area contributed by atoms with Crippen molar-refractivity contribution in [1.29, 1.82) is 0 Å². The van der Waals surface area contributed by atoms with Crippen molar-refractivity contribution in [3.63, 3.8) is 0 Å². The van der Waals surface area contributed by atoms with Crippen LogP contribution in [0.15, 0.2) is 67.3 Å². The molecule has 2 aromatic carbocycles. The van der Waals surface area contributed by atoms with Crippen LogP contribution in [0.5, 0.6) is 0 Å². The minimum absolute atomic E-state index is 0.249. The number of aromatic nitrogens is 5. The fourth-order valence-electron chi connectivity index (χ4n) is 4.75. The van der Waals surface area contributed by atoms with Crippen molar-refractivity contribution in [2.45, 2.75) is 25.8 Å². The van der Waals surface area contributed by atoms with Crippen LogP contribution in [0.2, 0.25) is 0 Å². The molecule has 8 heteroatoms. The second kappa shape index (κ2) is 8.52. The van der Waals surface area contributed by atoms with Gasteiger partial charge >= 0.3 is 0 Å². The first-order chi connectivity index (χ1) is 16.7. The molecule has 6 rings (SSSR count). The van der Waals surface area contributed by atoms with Gasteiger partial charge in [-0.15, -0.1) is 10.2 Å². The molecule has 1 aliphatic heterocycles. The van der Waals surface area contributed by atoms with E-state index in [0.717, 1.165) is 49.2 Å². The van der Waals surface area contributed by atoms with Crippen molar-refractivity contribution in [3.8, 4) is 28.2 Å². The average Bonchev–Trinajstić information content (AvgIpc) is 3.22. The van der Waals surface area contributed by atoms with Crippen LogP contribution in [-0.4, -0.2) is 48.4 Å². The van der Waals surface area contributed by atoms with Crippen molar-refractivity contribution in [1.82, 2.24) is 29.4 Å². The highest BCUT2D eigenvalue weighted by Crippen LogP contribution is 2.33. The van der Waals surface area contributed by atoms with Crippen LogP contribution in [0.25, 0.3) is 28.2 Å². The van der Waals surface area contributed by atoms with Crippen LogP contribution in [0.3, 0.4) is 0 Å². The summed E-state index contributed by atoms with van der Waals surface area (Å²) < 4.78 is 18.9. The lowest BCUT2D eigenvalue weighted by molar-refractivity contribution is -0.131. The summed E-state index contributed by atoms with van der Waals surface area (Å²) >= 11 is 0. The van der Waals surface area contributed by atoms with Gasteiger partial charge in [0.25, 0.3) is 0 Å². The van der Waals surface area contributed by atoms with E-state index in [4.69, 9.17) is 0 Å². The lowest BCUT2D eigenvalue weighted by Crippen LogP contribution is -2.30. The second-order valence-corrected chi connectivity index (χ2v) is 9.21. The first-order valence-electron chi connectivity index (χ1n) is 11.7. The number of likely N-dealkylation sites (tertiary alicyclic amines) is 1. The number of carbonyl (C=O) groups excluding carboxylic acids is 1. The van der Waals surface area contributed by atoms with Crippen LogP contribution >= 0.6 is 0 Å². The fourth-order valence-corrected chi connectivity index (χ4v) is 4.75. The maximum absolute atomic E-state index is 15.2. The van der Waals surface area contributed by atoms with Crippen LogP contribution in [0.4, 0.5) is 4.39 Å². The van der Waals surface area contributed by atoms with Crippen molar-refractivity contribution in [2.24, 2.45) is 11.8 Å². The fraction of sp³-hybridized carbons (Fsp3) is 0.308. The molecule has 0 spiro atoms. The molecule has 1 amide bonds. The quantitative estimate of drug-likeness (QED) is 0.436. The molecule has 1 aliphatic carbocycles. The minimum Gasteiger partial charge on any atom is -0.342 e. The first kappa shape index (κ1) is 20.8. The molecule has 172 valence electrons. The Bertz CT molecular complexity index is 1310. The summed E-state index contributed by atoms with van der Waals surface area (Å²) in [6.45, 7) is 2.23. The van der Waals surface area contributed by atoms with E-state index in [0.29, 0.717) is 29.8 Å². The molecule has 0 unspecified atom stereocenters. The Morgan fingerprint density at radius 3 is 2.62 bits per heavy atom. The van der Waals surface area contributed by atoms with E-state index in [-0.39, 0.29) is 11.7 Å². The standard InChI is InChI=1S/C26H25FN6O/c27-24-14-21(19-4-7-22(8-5-19)33-12-1-11-29-33)6-9-23(24)25-30-28-17-32(25)16-18-10-13-31(15-18)26(34)20-2-3-20/h1,4-9,11-12,14,17-18,20H,2-3,10,13,15-16H2/t18-/m1/s1. The molecular weight excluding hydrogens is 431 g/mol. The van der Waals surface area contributed by atoms with E-state index in [1.165, 1.54) is 0 Å². The normalized spacial score (nSPS) is 17.9. The predicted molar refractivity (Wildman–Crippen MR) is 125 cm³/mol. The van der Waals surface area contributed by atoms with E-state index in [9.17, 15) is 4.79 Å². The van der Waals surface area contributed by atoms with E-state index >= 15 is 4.39 Å². The zero-order chi connectivity index (χ0) is 23.1. The van der Waals surface area contributed by atoms with Gasteiger partial charge in [0.2, 0.25) is 5.91 Å². The molecule has 1 saturated heterocycles. The minimum atomic E-state index is -0.333. The number of carbonyl (C=O) groups is 1. The topological polar surface area (TPSA) is 68.8 Å². The Morgan fingerprint density at radius 2 is 1.88 bits per heavy atom. The Kier molecular flexibility index (Phi) is 5.20. The first-order valence-corrected chi connectivity index (χ1v) is 11.7. The molecule has 2 aromatic heterocycles. The van der Waals surface area contributed by atoms with E-state index in [1.54, 1.807) is 29.3 Å². The highest BCUT2D eigenvalue weighted by molar-refractivity contribution is 5.81. The smallest absolute Gasteiger partial charge is 0.225 e. The molecule has 1 atom stereocenters. The second-order valence-electron chi connectivity index (χ2n) is 9.21. The SMILES string of the molecule is O=C(C1CC1)N1CC[C@@H](Cn2cnnc2-c2ccc(-c3ccc(-n4cccn4)cc3)cc2F)C1. The highest BCUT2D eigenvalue weighted by atomic mass is 19.1. The Labute approximate surface area is 196 Å². The largest absolute Gasteiger partial charge is 0.342 e. The molecule has 7 nitrogen and oxygen atoms in total. The Balaban J connectivity index is 1.18. The number of hydrogen-bond donors (Lipinski definition) is 0. The van der Waals surface area contributed by atoms with Gasteiger partial charge in [-0.1, -0.05) is 18.2 Å². The molecule has 2 aliphatic rings. The summed E-state index contributed by atoms with van der Waals surface area (Å²) in [5.41, 5.74) is 3.10. The maximum Gasteiger partial charge on any atom is 0.225 e. The number of halogens is 1. The van der Waals surface area contributed by atoms with Crippen molar-refractivity contribution in [2.75, 3.05) is 13.1 Å². The molecule has 3 heterocycles. The van der Waals surface area contributed by atoms with Gasteiger partial charge < -0.3 is 9.47 Å². The van der Waals surface area contributed by atoms with Crippen molar-refractivity contribution < 1.29 is 9.18 Å². The number of benzene rings is 2. The summed E-state index contributed by atoms with van der Waals surface area (Å²) in [5.74, 6) is 1.06. The van der Waals surface area contributed by atoms with Gasteiger partial charge in [0.05, 0.1) is 11.3 Å². The zero-order valence-electron chi connectivity index (χ0n) is 18.7. The average molecular weight is 457 g/mol. The third kappa shape index (κ3) is 4.00. The van der Waals surface area contributed by atoms with Crippen LogP contribution in [0.1, 0.15) is 19.3 Å². The van der Waals surface area contributed by atoms with Crippen LogP contribution in [-0.2, 0) is 11.3 Å². The number of amides is 1. The van der Waals surface area contributed by atoms with Crippen molar-refractivity contribution in [3.05, 3.63) is 73.1 Å². The highest BCUT2D eigenvalue weighted by Gasteiger charge is 2.36. The van der Waals surface area contributed by atoms with Gasteiger partial charge in [0.15, 0.2) is 5.82 Å². The molecule has 34 heavy (non-hydrogen) atoms. The summed E-state index contributed by atoms with van der Waals surface area (Å²) in [7, 11) is 0. The molecule has 1 saturated carbocycles. The van der Waals surface area contributed by atoms with Gasteiger partial charge in [-0.05, 0) is 66.6 Å². The van der Waals surface area contributed by atoms with Gasteiger partial charge in [-0.2, -0.15) is 5.10 Å². The van der Waals surface area contributed by atoms with Gasteiger partial charge in [0.1, 0.15) is 12.1 Å². The third-order valence-corrected chi connectivity index (χ3v) is 6.77. The van der Waals surface area contributed by atoms with Gasteiger partial charge in [-0.25, -0.2) is 9.07 Å². The zero-order valence-corrected chi connectivity index (χ0v) is 18.7. The van der Waals surface area contributed by atoms with E-state index in [2.05, 4.69) is 15.3 Å². The lowest BCUT2D eigenvalue weighted by atomic mass is 10.0. The number of nitrogens with zero attached hydrogens (tertiary/aromatic N) is 6. The van der Waals surface area contributed by atoms with E-state index in [1.807, 2.05) is 52.1 Å². The third-order valence-electron chi connectivity index (χ3n) is 6.77. The van der Waals surface area contributed by atoms with Crippen molar-refractivity contribution >= 4 is 5.91 Å². The monoisotopic (exact) mass is 456 g/mol. The lowest BCUT2D eigenvalue weighted by Gasteiger charge is -2.17. The van der Waals surface area contributed by atoms with Crippen LogP contribution in [0, 0.1) is 17.7 Å².